The minimum Gasteiger partial charge on any atom is -0.504 e. The van der Waals surface area contributed by atoms with E-state index in [2.05, 4.69) is 0 Å². The summed E-state index contributed by atoms with van der Waals surface area (Å²) in [6.45, 7) is 5.54. The van der Waals surface area contributed by atoms with Crippen molar-refractivity contribution in [2.24, 2.45) is 5.41 Å². The van der Waals surface area contributed by atoms with Gasteiger partial charge < -0.3 is 14.9 Å². The van der Waals surface area contributed by atoms with Gasteiger partial charge in [0.15, 0.2) is 11.5 Å². The molecule has 0 bridgehead atoms. The highest BCUT2D eigenvalue weighted by Gasteiger charge is 2.28. The third-order valence-corrected chi connectivity index (χ3v) is 2.59. The maximum absolute atomic E-state index is 11.0. The first-order valence-corrected chi connectivity index (χ1v) is 5.55. The number of carboxylic acids is 1. The van der Waals surface area contributed by atoms with Crippen LogP contribution < -0.4 is 4.74 Å². The highest BCUT2D eigenvalue weighted by atomic mass is 16.5. The highest BCUT2D eigenvalue weighted by Crippen LogP contribution is 2.34. The molecule has 0 aliphatic heterocycles. The second-order valence-corrected chi connectivity index (χ2v) is 4.56. The van der Waals surface area contributed by atoms with Gasteiger partial charge in [-0.15, -0.1) is 0 Å². The standard InChI is InChI=1S/C13H18O4/c1-4-17-10-7-5-6-9(11(10)14)8-13(2,3)12(15)16/h5-7,14H,4,8H2,1-3H3,(H,15,16). The molecular formula is C13H18O4. The fourth-order valence-electron chi connectivity index (χ4n) is 1.53. The van der Waals surface area contributed by atoms with Crippen LogP contribution in [0.25, 0.3) is 0 Å². The van der Waals surface area contributed by atoms with Gasteiger partial charge in [0, 0.05) is 0 Å². The topological polar surface area (TPSA) is 66.8 Å². The van der Waals surface area contributed by atoms with Crippen LogP contribution in [0, 0.1) is 5.41 Å². The van der Waals surface area contributed by atoms with E-state index in [1.807, 2.05) is 6.92 Å². The van der Waals surface area contributed by atoms with E-state index in [0.717, 1.165) is 0 Å². The Bertz CT molecular complexity index is 410. The third-order valence-electron chi connectivity index (χ3n) is 2.59. The van der Waals surface area contributed by atoms with Crippen LogP contribution in [0.15, 0.2) is 18.2 Å². The molecule has 0 radical (unpaired) electrons. The summed E-state index contributed by atoms with van der Waals surface area (Å²) in [5, 5.41) is 19.0. The number of hydrogen-bond acceptors (Lipinski definition) is 3. The third kappa shape index (κ3) is 3.12. The van der Waals surface area contributed by atoms with Crippen molar-refractivity contribution in [3.8, 4) is 11.5 Å². The molecule has 0 spiro atoms. The molecule has 4 heteroatoms. The fraction of sp³-hybridized carbons (Fsp3) is 0.462. The highest BCUT2D eigenvalue weighted by molar-refractivity contribution is 5.74. The Morgan fingerprint density at radius 3 is 2.59 bits per heavy atom. The van der Waals surface area contributed by atoms with Crippen molar-refractivity contribution in [1.82, 2.24) is 0 Å². The first kappa shape index (κ1) is 13.4. The number of ether oxygens (including phenoxy) is 1. The summed E-state index contributed by atoms with van der Waals surface area (Å²) in [6, 6.07) is 5.12. The molecule has 17 heavy (non-hydrogen) atoms. The van der Waals surface area contributed by atoms with E-state index in [0.29, 0.717) is 17.9 Å². The first-order valence-electron chi connectivity index (χ1n) is 5.55. The number of para-hydroxylation sites is 1. The van der Waals surface area contributed by atoms with Crippen molar-refractivity contribution in [2.45, 2.75) is 27.2 Å². The molecule has 0 aromatic heterocycles. The number of aliphatic carboxylic acids is 1. The van der Waals surface area contributed by atoms with E-state index in [4.69, 9.17) is 9.84 Å². The van der Waals surface area contributed by atoms with Crippen molar-refractivity contribution in [2.75, 3.05) is 6.61 Å². The normalized spacial score (nSPS) is 11.2. The maximum Gasteiger partial charge on any atom is 0.309 e. The van der Waals surface area contributed by atoms with Crippen molar-refractivity contribution in [1.29, 1.82) is 0 Å². The Labute approximate surface area is 101 Å². The van der Waals surface area contributed by atoms with E-state index in [9.17, 15) is 9.90 Å². The van der Waals surface area contributed by atoms with Crippen LogP contribution >= 0.6 is 0 Å². The summed E-state index contributed by atoms with van der Waals surface area (Å²) in [5.74, 6) is -0.464. The van der Waals surface area contributed by atoms with Crippen LogP contribution in [-0.4, -0.2) is 22.8 Å². The zero-order valence-corrected chi connectivity index (χ0v) is 10.4. The molecule has 0 saturated heterocycles. The van der Waals surface area contributed by atoms with Crippen molar-refractivity contribution < 1.29 is 19.7 Å². The van der Waals surface area contributed by atoms with Gasteiger partial charge in [-0.2, -0.15) is 0 Å². The summed E-state index contributed by atoms with van der Waals surface area (Å²) in [6.07, 6.45) is 0.259. The van der Waals surface area contributed by atoms with Crippen molar-refractivity contribution in [3.05, 3.63) is 23.8 Å². The van der Waals surface area contributed by atoms with Gasteiger partial charge >= 0.3 is 5.97 Å². The smallest absolute Gasteiger partial charge is 0.309 e. The van der Waals surface area contributed by atoms with Gasteiger partial charge in [-0.05, 0) is 38.8 Å². The van der Waals surface area contributed by atoms with Gasteiger partial charge in [0.25, 0.3) is 0 Å². The predicted octanol–water partition coefficient (Wildman–Crippen LogP) is 2.44. The summed E-state index contributed by atoms with van der Waals surface area (Å²) in [7, 11) is 0. The predicted molar refractivity (Wildman–Crippen MR) is 64.4 cm³/mol. The molecule has 2 N–H and O–H groups in total. The Hall–Kier alpha value is -1.71. The molecule has 0 saturated carbocycles. The Kier molecular flexibility index (Phi) is 3.99. The lowest BCUT2D eigenvalue weighted by molar-refractivity contribution is -0.146. The number of rotatable bonds is 5. The van der Waals surface area contributed by atoms with Crippen LogP contribution in [0.4, 0.5) is 0 Å². The molecule has 0 fully saturated rings. The molecule has 0 heterocycles. The minimum absolute atomic E-state index is 0.0312. The summed E-state index contributed by atoms with van der Waals surface area (Å²) in [5.41, 5.74) is -0.328. The fourth-order valence-corrected chi connectivity index (χ4v) is 1.53. The number of phenols is 1. The number of hydrogen-bond donors (Lipinski definition) is 2. The van der Waals surface area contributed by atoms with Crippen LogP contribution in [0.2, 0.25) is 0 Å². The molecule has 1 aromatic carbocycles. The average molecular weight is 238 g/mol. The van der Waals surface area contributed by atoms with Crippen LogP contribution in [0.5, 0.6) is 11.5 Å². The average Bonchev–Trinajstić information content (AvgIpc) is 2.24. The number of benzene rings is 1. The number of carbonyl (C=O) groups is 1. The molecule has 4 nitrogen and oxygen atoms in total. The van der Waals surface area contributed by atoms with E-state index in [1.54, 1.807) is 32.0 Å². The summed E-state index contributed by atoms with van der Waals surface area (Å²) >= 11 is 0. The van der Waals surface area contributed by atoms with Gasteiger partial charge in [0.05, 0.1) is 12.0 Å². The molecule has 0 aliphatic carbocycles. The van der Waals surface area contributed by atoms with E-state index < -0.39 is 11.4 Å². The molecule has 0 aliphatic rings. The molecular weight excluding hydrogens is 220 g/mol. The lowest BCUT2D eigenvalue weighted by Gasteiger charge is -2.20. The minimum atomic E-state index is -0.914. The molecule has 0 atom stereocenters. The maximum atomic E-state index is 11.0. The summed E-state index contributed by atoms with van der Waals surface area (Å²) in [4.78, 5) is 11.0. The zero-order chi connectivity index (χ0) is 13.1. The van der Waals surface area contributed by atoms with Crippen molar-refractivity contribution >= 4 is 5.97 Å². The Morgan fingerprint density at radius 2 is 2.06 bits per heavy atom. The molecule has 1 rings (SSSR count). The SMILES string of the molecule is CCOc1cccc(CC(C)(C)C(=O)O)c1O. The second-order valence-electron chi connectivity index (χ2n) is 4.56. The monoisotopic (exact) mass is 238 g/mol. The van der Waals surface area contributed by atoms with Crippen molar-refractivity contribution in [3.63, 3.8) is 0 Å². The second kappa shape index (κ2) is 5.08. The quantitative estimate of drug-likeness (QED) is 0.826. The molecule has 0 amide bonds. The van der Waals surface area contributed by atoms with E-state index in [-0.39, 0.29) is 12.2 Å². The molecule has 0 unspecified atom stereocenters. The van der Waals surface area contributed by atoms with Crippen LogP contribution in [-0.2, 0) is 11.2 Å². The number of phenolic OH excluding ortho intramolecular Hbond substituents is 1. The lowest BCUT2D eigenvalue weighted by Crippen LogP contribution is -2.26. The Balaban J connectivity index is 2.99. The van der Waals surface area contributed by atoms with Gasteiger partial charge in [-0.1, -0.05) is 12.1 Å². The van der Waals surface area contributed by atoms with E-state index in [1.165, 1.54) is 0 Å². The lowest BCUT2D eigenvalue weighted by atomic mass is 9.85. The first-order chi connectivity index (χ1) is 7.88. The number of aromatic hydroxyl groups is 1. The molecule has 94 valence electrons. The van der Waals surface area contributed by atoms with E-state index >= 15 is 0 Å². The molecule has 1 aromatic rings. The van der Waals surface area contributed by atoms with Crippen LogP contribution in [0.1, 0.15) is 26.3 Å². The van der Waals surface area contributed by atoms with Crippen LogP contribution in [0.3, 0.4) is 0 Å². The number of carboxylic acid groups (broad SMARTS) is 1. The van der Waals surface area contributed by atoms with Gasteiger partial charge in [-0.3, -0.25) is 4.79 Å². The van der Waals surface area contributed by atoms with Gasteiger partial charge in [0.2, 0.25) is 0 Å². The largest absolute Gasteiger partial charge is 0.504 e. The Morgan fingerprint density at radius 1 is 1.41 bits per heavy atom. The van der Waals surface area contributed by atoms with Gasteiger partial charge in [-0.25, -0.2) is 0 Å². The summed E-state index contributed by atoms with van der Waals surface area (Å²) < 4.78 is 5.25. The zero-order valence-electron chi connectivity index (χ0n) is 10.4. The van der Waals surface area contributed by atoms with Gasteiger partial charge in [0.1, 0.15) is 0 Å².